The molecule has 1 aliphatic carbocycles. The molecule has 0 aromatic rings. The topological polar surface area (TPSA) is 32.3 Å². The minimum Gasteiger partial charge on any atom is -0.339 e. The second kappa shape index (κ2) is 4.52. The van der Waals surface area contributed by atoms with E-state index in [0.717, 1.165) is 25.4 Å². The summed E-state index contributed by atoms with van der Waals surface area (Å²) in [5.41, 5.74) is 0. The summed E-state index contributed by atoms with van der Waals surface area (Å²) in [4.78, 5) is 13.9. The van der Waals surface area contributed by atoms with Crippen molar-refractivity contribution in [3.63, 3.8) is 0 Å². The number of hydrogen-bond acceptors (Lipinski definition) is 2. The molecule has 1 N–H and O–H groups in total. The Morgan fingerprint density at radius 3 is 2.67 bits per heavy atom. The van der Waals surface area contributed by atoms with Crippen LogP contribution < -0.4 is 5.32 Å². The average molecular weight is 210 g/mol. The lowest BCUT2D eigenvalue weighted by atomic mass is 10.1. The highest BCUT2D eigenvalue weighted by atomic mass is 16.2. The van der Waals surface area contributed by atoms with Gasteiger partial charge in [0.2, 0.25) is 5.91 Å². The highest BCUT2D eigenvalue weighted by Gasteiger charge is 2.29. The Morgan fingerprint density at radius 1 is 1.40 bits per heavy atom. The van der Waals surface area contributed by atoms with E-state index in [9.17, 15) is 4.79 Å². The monoisotopic (exact) mass is 210 g/mol. The summed E-state index contributed by atoms with van der Waals surface area (Å²) < 4.78 is 0. The van der Waals surface area contributed by atoms with Crippen LogP contribution in [0.25, 0.3) is 0 Å². The largest absolute Gasteiger partial charge is 0.339 e. The van der Waals surface area contributed by atoms with Crippen LogP contribution in [0.5, 0.6) is 0 Å². The van der Waals surface area contributed by atoms with Crippen LogP contribution in [0.15, 0.2) is 0 Å². The second-order valence-electron chi connectivity index (χ2n) is 5.31. The Morgan fingerprint density at radius 2 is 2.13 bits per heavy atom. The fourth-order valence-electron chi connectivity index (χ4n) is 2.45. The van der Waals surface area contributed by atoms with Crippen LogP contribution in [0.3, 0.4) is 0 Å². The molecule has 15 heavy (non-hydrogen) atoms. The molecule has 3 heteroatoms. The van der Waals surface area contributed by atoms with Crippen LogP contribution >= 0.6 is 0 Å². The molecule has 0 spiro atoms. The van der Waals surface area contributed by atoms with Gasteiger partial charge in [0.05, 0.1) is 6.54 Å². The van der Waals surface area contributed by atoms with Crippen molar-refractivity contribution in [2.45, 2.75) is 39.2 Å². The van der Waals surface area contributed by atoms with Crippen LogP contribution in [-0.4, -0.2) is 36.5 Å². The molecule has 0 aromatic carbocycles. The smallest absolute Gasteiger partial charge is 0.236 e. The minimum absolute atomic E-state index is 0.285. The Balaban J connectivity index is 1.69. The maximum Gasteiger partial charge on any atom is 0.236 e. The number of carbonyl (C=O) groups is 1. The zero-order valence-electron chi connectivity index (χ0n) is 9.83. The molecule has 3 nitrogen and oxygen atoms in total. The molecule has 0 aromatic heterocycles. The summed E-state index contributed by atoms with van der Waals surface area (Å²) in [5, 5.41) is 3.27. The summed E-state index contributed by atoms with van der Waals surface area (Å²) in [7, 11) is 0. The second-order valence-corrected chi connectivity index (χ2v) is 5.31. The van der Waals surface area contributed by atoms with Gasteiger partial charge in [-0.15, -0.1) is 0 Å². The predicted octanol–water partition coefficient (Wildman–Crippen LogP) is 1.24. The molecular weight excluding hydrogens is 188 g/mol. The number of nitrogens with one attached hydrogen (secondary N) is 1. The van der Waals surface area contributed by atoms with Crippen molar-refractivity contribution >= 4 is 5.91 Å². The van der Waals surface area contributed by atoms with Gasteiger partial charge in [-0.2, -0.15) is 0 Å². The molecule has 2 fully saturated rings. The zero-order chi connectivity index (χ0) is 10.8. The van der Waals surface area contributed by atoms with E-state index < -0.39 is 0 Å². The first-order valence-corrected chi connectivity index (χ1v) is 6.17. The van der Waals surface area contributed by atoms with E-state index in [0.29, 0.717) is 18.5 Å². The number of carbonyl (C=O) groups excluding carboxylic acids is 1. The fraction of sp³-hybridized carbons (Fsp3) is 0.917. The first-order valence-electron chi connectivity index (χ1n) is 6.17. The van der Waals surface area contributed by atoms with Gasteiger partial charge in [-0.3, -0.25) is 4.79 Å². The lowest BCUT2D eigenvalue weighted by molar-refractivity contribution is -0.130. The molecule has 0 radical (unpaired) electrons. The number of rotatable bonds is 4. The summed E-state index contributed by atoms with van der Waals surface area (Å²) in [6.07, 6.45) is 3.85. The lowest BCUT2D eigenvalue weighted by Crippen LogP contribution is -2.40. The highest BCUT2D eigenvalue weighted by molar-refractivity contribution is 5.78. The Bertz CT molecular complexity index is 238. The Hall–Kier alpha value is -0.570. The first kappa shape index (κ1) is 10.9. The number of amides is 1. The molecule has 2 unspecified atom stereocenters. The van der Waals surface area contributed by atoms with Crippen LogP contribution in [0.2, 0.25) is 0 Å². The Labute approximate surface area is 92.2 Å². The van der Waals surface area contributed by atoms with Crippen molar-refractivity contribution in [3.05, 3.63) is 0 Å². The summed E-state index contributed by atoms with van der Waals surface area (Å²) in [5.74, 6) is 1.81. The van der Waals surface area contributed by atoms with Crippen molar-refractivity contribution in [3.8, 4) is 0 Å². The molecular formula is C12H22N2O. The van der Waals surface area contributed by atoms with E-state index >= 15 is 0 Å². The van der Waals surface area contributed by atoms with E-state index in [2.05, 4.69) is 19.2 Å². The summed E-state index contributed by atoms with van der Waals surface area (Å²) >= 11 is 0. The normalized spacial score (nSPS) is 30.9. The number of likely N-dealkylation sites (tertiary alicyclic amines) is 1. The molecule has 1 saturated heterocycles. The van der Waals surface area contributed by atoms with Gasteiger partial charge in [0.1, 0.15) is 0 Å². The molecule has 86 valence electrons. The number of nitrogens with zero attached hydrogens (tertiary/aromatic N) is 1. The third-order valence-corrected chi connectivity index (χ3v) is 3.51. The fourth-order valence-corrected chi connectivity index (χ4v) is 2.45. The molecule has 1 aliphatic heterocycles. The van der Waals surface area contributed by atoms with Crippen molar-refractivity contribution in [1.29, 1.82) is 0 Å². The molecule has 2 atom stereocenters. The van der Waals surface area contributed by atoms with Gasteiger partial charge in [0, 0.05) is 12.6 Å². The third kappa shape index (κ3) is 2.94. The van der Waals surface area contributed by atoms with Crippen molar-refractivity contribution in [1.82, 2.24) is 10.2 Å². The van der Waals surface area contributed by atoms with Gasteiger partial charge in [0.25, 0.3) is 0 Å². The quantitative estimate of drug-likeness (QED) is 0.757. The van der Waals surface area contributed by atoms with Crippen LogP contribution in [-0.2, 0) is 4.79 Å². The van der Waals surface area contributed by atoms with Crippen LogP contribution in [0, 0.1) is 11.8 Å². The van der Waals surface area contributed by atoms with Crippen molar-refractivity contribution in [2.75, 3.05) is 19.6 Å². The van der Waals surface area contributed by atoms with Gasteiger partial charge in [-0.25, -0.2) is 0 Å². The molecule has 1 amide bonds. The Kier molecular flexibility index (Phi) is 3.29. The SMILES string of the molecule is CC1CC(C)N(C(=O)CNCC2CC2)C1. The first-order chi connectivity index (χ1) is 7.16. The zero-order valence-corrected chi connectivity index (χ0v) is 9.83. The van der Waals surface area contributed by atoms with E-state index in [1.807, 2.05) is 4.90 Å². The summed E-state index contributed by atoms with van der Waals surface area (Å²) in [6, 6.07) is 0.440. The van der Waals surface area contributed by atoms with Crippen LogP contribution in [0.1, 0.15) is 33.1 Å². The maximum absolute atomic E-state index is 11.9. The summed E-state index contributed by atoms with van der Waals surface area (Å²) in [6.45, 7) is 6.89. The maximum atomic E-state index is 11.9. The van der Waals surface area contributed by atoms with E-state index in [-0.39, 0.29) is 5.91 Å². The van der Waals surface area contributed by atoms with E-state index in [1.165, 1.54) is 12.8 Å². The van der Waals surface area contributed by atoms with E-state index in [4.69, 9.17) is 0 Å². The lowest BCUT2D eigenvalue weighted by Gasteiger charge is -2.21. The predicted molar refractivity (Wildman–Crippen MR) is 60.5 cm³/mol. The number of hydrogen-bond donors (Lipinski definition) is 1. The molecule has 2 rings (SSSR count). The molecule has 1 saturated carbocycles. The standard InChI is InChI=1S/C12H22N2O/c1-9-5-10(2)14(8-9)12(15)7-13-6-11-3-4-11/h9-11,13H,3-8H2,1-2H3. The van der Waals surface area contributed by atoms with Gasteiger partial charge >= 0.3 is 0 Å². The molecule has 0 bridgehead atoms. The van der Waals surface area contributed by atoms with Gasteiger partial charge in [0.15, 0.2) is 0 Å². The van der Waals surface area contributed by atoms with Gasteiger partial charge in [-0.05, 0) is 44.6 Å². The van der Waals surface area contributed by atoms with E-state index in [1.54, 1.807) is 0 Å². The third-order valence-electron chi connectivity index (χ3n) is 3.51. The van der Waals surface area contributed by atoms with Gasteiger partial charge in [-0.1, -0.05) is 6.92 Å². The van der Waals surface area contributed by atoms with Crippen molar-refractivity contribution in [2.24, 2.45) is 11.8 Å². The van der Waals surface area contributed by atoms with Crippen molar-refractivity contribution < 1.29 is 4.79 Å². The van der Waals surface area contributed by atoms with Crippen LogP contribution in [0.4, 0.5) is 0 Å². The van der Waals surface area contributed by atoms with Gasteiger partial charge < -0.3 is 10.2 Å². The molecule has 1 heterocycles. The highest BCUT2D eigenvalue weighted by Crippen LogP contribution is 2.27. The molecule has 2 aliphatic rings. The average Bonchev–Trinajstić information content (AvgIpc) is 2.92. The minimum atomic E-state index is 0.285.